The van der Waals surface area contributed by atoms with Crippen molar-refractivity contribution in [2.45, 2.75) is 5.79 Å². The van der Waals surface area contributed by atoms with E-state index < -0.39 is 11.8 Å². The van der Waals surface area contributed by atoms with Crippen molar-refractivity contribution in [1.29, 1.82) is 0 Å². The van der Waals surface area contributed by atoms with Crippen LogP contribution in [0.5, 0.6) is 0 Å². The van der Waals surface area contributed by atoms with Gasteiger partial charge in [-0.15, -0.1) is 0 Å². The standard InChI is InChI=1S/C12H11FN2O2/c1-17-11(16)9-4-5-12(13,15-7-9)10-3-2-6-14-8-10/h2-8,15H,1H3. The molecule has 1 aromatic rings. The molecular weight excluding hydrogens is 223 g/mol. The molecule has 0 saturated carbocycles. The molecule has 0 fully saturated rings. The number of halogens is 1. The predicted octanol–water partition coefficient (Wildman–Crippen LogP) is 1.42. The molecule has 2 rings (SSSR count). The lowest BCUT2D eigenvalue weighted by Gasteiger charge is -2.25. The van der Waals surface area contributed by atoms with Crippen molar-refractivity contribution >= 4 is 5.97 Å². The number of rotatable bonds is 2. The summed E-state index contributed by atoms with van der Waals surface area (Å²) in [5, 5.41) is 2.52. The van der Waals surface area contributed by atoms with Crippen molar-refractivity contribution < 1.29 is 13.9 Å². The largest absolute Gasteiger partial charge is 0.465 e. The van der Waals surface area contributed by atoms with E-state index in [9.17, 15) is 9.18 Å². The zero-order valence-corrected chi connectivity index (χ0v) is 9.18. The Kier molecular flexibility index (Phi) is 2.91. The van der Waals surface area contributed by atoms with Gasteiger partial charge in [0.2, 0.25) is 5.79 Å². The van der Waals surface area contributed by atoms with Gasteiger partial charge in [0.05, 0.1) is 12.7 Å². The maximum absolute atomic E-state index is 14.4. The van der Waals surface area contributed by atoms with Crippen molar-refractivity contribution in [3.63, 3.8) is 0 Å². The van der Waals surface area contributed by atoms with Crippen LogP contribution in [0.15, 0.2) is 48.5 Å². The second kappa shape index (κ2) is 4.37. The summed E-state index contributed by atoms with van der Waals surface area (Å²) < 4.78 is 18.9. The van der Waals surface area contributed by atoms with Crippen LogP contribution in [0.3, 0.4) is 0 Å². The molecule has 17 heavy (non-hydrogen) atoms. The Balaban J connectivity index is 2.22. The Morgan fingerprint density at radius 1 is 1.59 bits per heavy atom. The van der Waals surface area contributed by atoms with Gasteiger partial charge in [0, 0.05) is 24.2 Å². The highest BCUT2D eigenvalue weighted by Gasteiger charge is 2.30. The SMILES string of the molecule is COC(=O)C1=CNC(F)(c2cccnc2)C=C1. The monoisotopic (exact) mass is 234 g/mol. The van der Waals surface area contributed by atoms with Crippen LogP contribution in [0.2, 0.25) is 0 Å². The summed E-state index contributed by atoms with van der Waals surface area (Å²) in [7, 11) is 1.27. The van der Waals surface area contributed by atoms with Crippen molar-refractivity contribution in [1.82, 2.24) is 10.3 Å². The molecule has 4 nitrogen and oxygen atoms in total. The van der Waals surface area contributed by atoms with Gasteiger partial charge < -0.3 is 10.1 Å². The lowest BCUT2D eigenvalue weighted by atomic mass is 10.0. The number of nitrogens with zero attached hydrogens (tertiary/aromatic N) is 1. The molecule has 0 amide bonds. The second-order valence-electron chi connectivity index (χ2n) is 3.52. The normalized spacial score (nSPS) is 22.6. The number of nitrogens with one attached hydrogen (secondary N) is 1. The first kappa shape index (κ1) is 11.3. The van der Waals surface area contributed by atoms with Gasteiger partial charge in [0.1, 0.15) is 0 Å². The minimum atomic E-state index is -1.84. The van der Waals surface area contributed by atoms with Crippen LogP contribution >= 0.6 is 0 Å². The Hall–Kier alpha value is -2.17. The van der Waals surface area contributed by atoms with Gasteiger partial charge in [-0.2, -0.15) is 0 Å². The van der Waals surface area contributed by atoms with E-state index in [1.807, 2.05) is 0 Å². The van der Waals surface area contributed by atoms with Crippen LogP contribution < -0.4 is 5.32 Å². The summed E-state index contributed by atoms with van der Waals surface area (Å²) in [4.78, 5) is 15.0. The van der Waals surface area contributed by atoms with Crippen LogP contribution in [0.1, 0.15) is 5.56 Å². The zero-order chi connectivity index (χ0) is 12.3. The van der Waals surface area contributed by atoms with E-state index in [2.05, 4.69) is 15.0 Å². The summed E-state index contributed by atoms with van der Waals surface area (Å²) in [5.41, 5.74) is 0.640. The first-order valence-electron chi connectivity index (χ1n) is 5.00. The Bertz CT molecular complexity index is 485. The third kappa shape index (κ3) is 2.18. The number of esters is 1. The molecule has 5 heteroatoms. The maximum Gasteiger partial charge on any atom is 0.339 e. The molecule has 88 valence electrons. The fourth-order valence-electron chi connectivity index (χ4n) is 1.49. The minimum absolute atomic E-state index is 0.268. The Morgan fingerprint density at radius 3 is 2.94 bits per heavy atom. The first-order valence-corrected chi connectivity index (χ1v) is 5.00. The maximum atomic E-state index is 14.4. The van der Waals surface area contributed by atoms with Crippen molar-refractivity contribution in [3.05, 3.63) is 54.0 Å². The average molecular weight is 234 g/mol. The van der Waals surface area contributed by atoms with Gasteiger partial charge >= 0.3 is 5.97 Å². The molecule has 1 N–H and O–H groups in total. The number of hydrogen-bond acceptors (Lipinski definition) is 4. The topological polar surface area (TPSA) is 51.2 Å². The van der Waals surface area contributed by atoms with Gasteiger partial charge in [-0.1, -0.05) is 6.07 Å². The van der Waals surface area contributed by atoms with Gasteiger partial charge in [-0.3, -0.25) is 4.98 Å². The quantitative estimate of drug-likeness (QED) is 0.621. The fraction of sp³-hybridized carbons (Fsp3) is 0.167. The molecule has 0 aromatic carbocycles. The summed E-state index contributed by atoms with van der Waals surface area (Å²) in [5.74, 6) is -2.35. The third-order valence-corrected chi connectivity index (χ3v) is 2.43. The number of dihydropyridines is 1. The van der Waals surface area contributed by atoms with Gasteiger partial charge in [-0.05, 0) is 18.2 Å². The number of carbonyl (C=O) groups is 1. The molecule has 1 atom stereocenters. The number of carbonyl (C=O) groups excluding carboxylic acids is 1. The van der Waals surface area contributed by atoms with Crippen LogP contribution in [0.25, 0.3) is 0 Å². The highest BCUT2D eigenvalue weighted by atomic mass is 19.1. The molecule has 0 radical (unpaired) electrons. The summed E-state index contributed by atoms with van der Waals surface area (Å²) in [6.45, 7) is 0. The highest BCUT2D eigenvalue weighted by Crippen LogP contribution is 2.27. The number of alkyl halides is 1. The van der Waals surface area contributed by atoms with Gasteiger partial charge in [0.15, 0.2) is 0 Å². The number of hydrogen-bond donors (Lipinski definition) is 1. The summed E-state index contributed by atoms with van der Waals surface area (Å²) >= 11 is 0. The van der Waals surface area contributed by atoms with E-state index in [-0.39, 0.29) is 5.57 Å². The first-order chi connectivity index (χ1) is 8.15. The van der Waals surface area contributed by atoms with Crippen LogP contribution in [-0.4, -0.2) is 18.1 Å². The van der Waals surface area contributed by atoms with E-state index in [1.54, 1.807) is 18.3 Å². The molecule has 1 aliphatic heterocycles. The van der Waals surface area contributed by atoms with E-state index in [0.29, 0.717) is 5.56 Å². The number of ether oxygens (including phenoxy) is 1. The molecule has 0 spiro atoms. The number of pyridine rings is 1. The summed E-state index contributed by atoms with van der Waals surface area (Å²) in [6.07, 6.45) is 6.92. The molecule has 1 aliphatic rings. The molecular formula is C12H11FN2O2. The number of methoxy groups -OCH3 is 1. The predicted molar refractivity (Wildman–Crippen MR) is 59.4 cm³/mol. The van der Waals surface area contributed by atoms with Gasteiger partial charge in [0.25, 0.3) is 0 Å². The molecule has 0 saturated heterocycles. The van der Waals surface area contributed by atoms with Crippen molar-refractivity contribution in [2.75, 3.05) is 7.11 Å². The third-order valence-electron chi connectivity index (χ3n) is 2.43. The van der Waals surface area contributed by atoms with E-state index in [1.165, 1.54) is 31.7 Å². The van der Waals surface area contributed by atoms with E-state index >= 15 is 0 Å². The minimum Gasteiger partial charge on any atom is -0.465 e. The second-order valence-corrected chi connectivity index (χ2v) is 3.52. The lowest BCUT2D eigenvalue weighted by Crippen LogP contribution is -2.35. The molecule has 2 heterocycles. The Labute approximate surface area is 97.8 Å². The van der Waals surface area contributed by atoms with Crippen molar-refractivity contribution in [3.8, 4) is 0 Å². The zero-order valence-electron chi connectivity index (χ0n) is 9.18. The lowest BCUT2D eigenvalue weighted by molar-refractivity contribution is -0.135. The van der Waals surface area contributed by atoms with E-state index in [4.69, 9.17) is 0 Å². The number of aromatic nitrogens is 1. The van der Waals surface area contributed by atoms with Gasteiger partial charge in [-0.25, -0.2) is 9.18 Å². The Morgan fingerprint density at radius 2 is 2.41 bits per heavy atom. The van der Waals surface area contributed by atoms with E-state index in [0.717, 1.165) is 0 Å². The fourth-order valence-corrected chi connectivity index (χ4v) is 1.49. The smallest absolute Gasteiger partial charge is 0.339 e. The van der Waals surface area contributed by atoms with Crippen LogP contribution in [-0.2, 0) is 15.3 Å². The highest BCUT2D eigenvalue weighted by molar-refractivity contribution is 5.91. The van der Waals surface area contributed by atoms with Crippen LogP contribution in [0.4, 0.5) is 4.39 Å². The average Bonchev–Trinajstić information content (AvgIpc) is 2.40. The van der Waals surface area contributed by atoms with Crippen LogP contribution in [0, 0.1) is 0 Å². The molecule has 1 aromatic heterocycles. The molecule has 1 unspecified atom stereocenters. The molecule has 0 bridgehead atoms. The van der Waals surface area contributed by atoms with Crippen molar-refractivity contribution in [2.24, 2.45) is 0 Å². The summed E-state index contributed by atoms with van der Waals surface area (Å²) in [6, 6.07) is 3.26. The molecule has 0 aliphatic carbocycles.